The third-order valence-corrected chi connectivity index (χ3v) is 5.93. The lowest BCUT2D eigenvalue weighted by atomic mass is 9.68. The standard InChI is InChI=1S/C17H21BrFNO2/c1-16(2)15(21)13-12(19)5-4-11(18)14(13)17(16,22)10-6-8-20(3)9-7-10/h4-6,15,21-22H,7-9H2,1-3H3/t15-,17+/m0/s1. The number of hydrogen-bond acceptors (Lipinski definition) is 3. The molecule has 22 heavy (non-hydrogen) atoms. The highest BCUT2D eigenvalue weighted by atomic mass is 79.9. The molecule has 0 aromatic heterocycles. The van der Waals surface area contributed by atoms with Gasteiger partial charge in [0.25, 0.3) is 0 Å². The Bertz CT molecular complexity index is 658. The molecule has 0 fully saturated rings. The largest absolute Gasteiger partial charge is 0.388 e. The smallest absolute Gasteiger partial charge is 0.129 e. The van der Waals surface area contributed by atoms with Crippen LogP contribution in [0.2, 0.25) is 0 Å². The summed E-state index contributed by atoms with van der Waals surface area (Å²) >= 11 is 3.44. The van der Waals surface area contributed by atoms with E-state index in [0.29, 0.717) is 16.5 Å². The first-order valence-electron chi connectivity index (χ1n) is 7.48. The highest BCUT2D eigenvalue weighted by molar-refractivity contribution is 9.10. The van der Waals surface area contributed by atoms with Crippen LogP contribution in [-0.4, -0.2) is 35.3 Å². The molecule has 0 unspecified atom stereocenters. The van der Waals surface area contributed by atoms with E-state index in [2.05, 4.69) is 20.8 Å². The van der Waals surface area contributed by atoms with Crippen LogP contribution in [0.15, 0.2) is 28.3 Å². The Kier molecular flexibility index (Phi) is 3.76. The fourth-order valence-electron chi connectivity index (χ4n) is 3.76. The number of aliphatic hydroxyl groups excluding tert-OH is 1. The molecule has 1 aromatic carbocycles. The minimum Gasteiger partial charge on any atom is -0.388 e. The van der Waals surface area contributed by atoms with E-state index in [1.54, 1.807) is 19.9 Å². The molecule has 3 nitrogen and oxygen atoms in total. The summed E-state index contributed by atoms with van der Waals surface area (Å²) in [6, 6.07) is 2.93. The number of nitrogens with zero attached hydrogens (tertiary/aromatic N) is 1. The molecule has 120 valence electrons. The zero-order chi connectivity index (χ0) is 16.3. The Morgan fingerprint density at radius 2 is 2.05 bits per heavy atom. The van der Waals surface area contributed by atoms with Crippen LogP contribution < -0.4 is 0 Å². The summed E-state index contributed by atoms with van der Waals surface area (Å²) in [5.41, 5.74) is -0.728. The monoisotopic (exact) mass is 369 g/mol. The molecule has 2 N–H and O–H groups in total. The molecule has 0 radical (unpaired) electrons. The van der Waals surface area contributed by atoms with E-state index in [-0.39, 0.29) is 5.56 Å². The molecule has 0 saturated carbocycles. The molecule has 1 aliphatic heterocycles. The molecular formula is C17H21BrFNO2. The quantitative estimate of drug-likeness (QED) is 0.747. The Balaban J connectivity index is 2.26. The van der Waals surface area contributed by atoms with Crippen LogP contribution in [0.5, 0.6) is 0 Å². The van der Waals surface area contributed by atoms with Gasteiger partial charge >= 0.3 is 0 Å². The number of fused-ring (bicyclic) bond motifs is 1. The Hall–Kier alpha value is -0.750. The van der Waals surface area contributed by atoms with Gasteiger partial charge in [0, 0.05) is 34.1 Å². The summed E-state index contributed by atoms with van der Waals surface area (Å²) in [7, 11) is 2.02. The number of halogens is 2. The average molecular weight is 370 g/mol. The minimum atomic E-state index is -1.37. The number of rotatable bonds is 1. The van der Waals surface area contributed by atoms with E-state index in [9.17, 15) is 14.6 Å². The van der Waals surface area contributed by atoms with Crippen LogP contribution in [0.4, 0.5) is 4.39 Å². The van der Waals surface area contributed by atoms with Crippen LogP contribution in [0, 0.1) is 11.2 Å². The Labute approximate surface area is 138 Å². The molecule has 2 aliphatic rings. The summed E-state index contributed by atoms with van der Waals surface area (Å²) in [6.07, 6.45) is 1.65. The lowest BCUT2D eigenvalue weighted by Gasteiger charge is -2.43. The van der Waals surface area contributed by atoms with Crippen molar-refractivity contribution in [3.8, 4) is 0 Å². The molecule has 1 aromatic rings. The van der Waals surface area contributed by atoms with Crippen molar-refractivity contribution >= 4 is 15.9 Å². The van der Waals surface area contributed by atoms with E-state index in [0.717, 1.165) is 18.7 Å². The highest BCUT2D eigenvalue weighted by Crippen LogP contribution is 2.62. The van der Waals surface area contributed by atoms with Crippen molar-refractivity contribution in [2.24, 2.45) is 5.41 Å². The summed E-state index contributed by atoms with van der Waals surface area (Å²) in [6.45, 7) is 5.17. The zero-order valence-electron chi connectivity index (χ0n) is 13.0. The van der Waals surface area contributed by atoms with Gasteiger partial charge in [-0.2, -0.15) is 0 Å². The number of aliphatic hydroxyl groups is 2. The van der Waals surface area contributed by atoms with Crippen molar-refractivity contribution in [2.45, 2.75) is 32.0 Å². The maximum atomic E-state index is 14.3. The Morgan fingerprint density at radius 3 is 2.64 bits per heavy atom. The molecule has 1 aliphatic carbocycles. The van der Waals surface area contributed by atoms with E-state index >= 15 is 0 Å². The molecule has 3 rings (SSSR count). The van der Waals surface area contributed by atoms with Gasteiger partial charge < -0.3 is 15.1 Å². The molecule has 0 spiro atoms. The second-order valence-electron chi connectivity index (χ2n) is 6.89. The van der Waals surface area contributed by atoms with Crippen LogP contribution in [0.3, 0.4) is 0 Å². The fourth-order valence-corrected chi connectivity index (χ4v) is 4.39. The zero-order valence-corrected chi connectivity index (χ0v) is 14.6. The lowest BCUT2D eigenvalue weighted by molar-refractivity contribution is -0.0908. The molecule has 1 heterocycles. The van der Waals surface area contributed by atoms with E-state index in [4.69, 9.17) is 0 Å². The molecule has 2 atom stereocenters. The molecule has 0 amide bonds. The average Bonchev–Trinajstić information content (AvgIpc) is 2.63. The van der Waals surface area contributed by atoms with Gasteiger partial charge in [-0.1, -0.05) is 35.9 Å². The maximum Gasteiger partial charge on any atom is 0.129 e. The normalized spacial score (nSPS) is 31.0. The van der Waals surface area contributed by atoms with Gasteiger partial charge in [-0.3, -0.25) is 0 Å². The van der Waals surface area contributed by atoms with Gasteiger partial charge in [0.15, 0.2) is 0 Å². The van der Waals surface area contributed by atoms with Crippen molar-refractivity contribution in [3.05, 3.63) is 45.2 Å². The van der Waals surface area contributed by atoms with Gasteiger partial charge in [-0.15, -0.1) is 0 Å². The molecule has 0 saturated heterocycles. The molecule has 5 heteroatoms. The van der Waals surface area contributed by atoms with Gasteiger partial charge in [0.1, 0.15) is 11.4 Å². The van der Waals surface area contributed by atoms with Gasteiger partial charge in [-0.05, 0) is 31.2 Å². The molecule has 0 bridgehead atoms. The number of hydrogen-bond donors (Lipinski definition) is 2. The topological polar surface area (TPSA) is 43.7 Å². The van der Waals surface area contributed by atoms with Crippen molar-refractivity contribution in [2.75, 3.05) is 20.1 Å². The van der Waals surface area contributed by atoms with Gasteiger partial charge in [-0.25, -0.2) is 4.39 Å². The van der Waals surface area contributed by atoms with E-state index in [1.165, 1.54) is 6.07 Å². The first-order chi connectivity index (χ1) is 10.2. The van der Waals surface area contributed by atoms with Crippen LogP contribution >= 0.6 is 15.9 Å². The van der Waals surface area contributed by atoms with Crippen molar-refractivity contribution in [1.29, 1.82) is 0 Å². The van der Waals surface area contributed by atoms with E-state index in [1.807, 2.05) is 13.1 Å². The third kappa shape index (κ3) is 1.96. The summed E-state index contributed by atoms with van der Waals surface area (Å²) in [5.74, 6) is -0.469. The first-order valence-corrected chi connectivity index (χ1v) is 8.27. The summed E-state index contributed by atoms with van der Waals surface area (Å²) in [4.78, 5) is 2.16. The number of likely N-dealkylation sites (N-methyl/N-ethyl adjacent to an activating group) is 1. The number of benzene rings is 1. The third-order valence-electron chi connectivity index (χ3n) is 5.27. The second-order valence-corrected chi connectivity index (χ2v) is 7.75. The maximum absolute atomic E-state index is 14.3. The minimum absolute atomic E-state index is 0.210. The molecular weight excluding hydrogens is 349 g/mol. The van der Waals surface area contributed by atoms with Crippen LogP contribution in [0.1, 0.15) is 37.5 Å². The first kappa shape index (κ1) is 16.1. The van der Waals surface area contributed by atoms with Crippen molar-refractivity contribution in [3.63, 3.8) is 0 Å². The lowest BCUT2D eigenvalue weighted by Crippen LogP contribution is -2.44. The van der Waals surface area contributed by atoms with Gasteiger partial charge in [0.2, 0.25) is 0 Å². The predicted octanol–water partition coefficient (Wildman–Crippen LogP) is 3.11. The SMILES string of the molecule is CN1CC=C([C@@]2(O)c3c(Br)ccc(F)c3[C@H](O)C2(C)C)CC1. The van der Waals surface area contributed by atoms with Crippen LogP contribution in [0.25, 0.3) is 0 Å². The predicted molar refractivity (Wildman–Crippen MR) is 86.9 cm³/mol. The van der Waals surface area contributed by atoms with E-state index < -0.39 is 22.9 Å². The second kappa shape index (κ2) is 5.13. The fraction of sp³-hybridized carbons (Fsp3) is 0.529. The Morgan fingerprint density at radius 1 is 1.36 bits per heavy atom. The highest BCUT2D eigenvalue weighted by Gasteiger charge is 2.60. The van der Waals surface area contributed by atoms with Crippen molar-refractivity contribution < 1.29 is 14.6 Å². The van der Waals surface area contributed by atoms with Gasteiger partial charge in [0.05, 0.1) is 6.10 Å². The summed E-state index contributed by atoms with van der Waals surface area (Å²) in [5, 5.41) is 22.3. The summed E-state index contributed by atoms with van der Waals surface area (Å²) < 4.78 is 15.0. The van der Waals surface area contributed by atoms with Crippen molar-refractivity contribution in [1.82, 2.24) is 4.90 Å². The van der Waals surface area contributed by atoms with Crippen LogP contribution in [-0.2, 0) is 5.60 Å².